The second kappa shape index (κ2) is 5.46. The van der Waals surface area contributed by atoms with Crippen molar-refractivity contribution in [2.24, 2.45) is 5.92 Å². The molecule has 7 nitrogen and oxygen atoms in total. The largest absolute Gasteiger partial charge is 0.478 e. The third kappa shape index (κ3) is 2.72. The van der Waals surface area contributed by atoms with Gasteiger partial charge in [-0.3, -0.25) is 10.1 Å². The SMILES string of the molecule is CC(O)C1CCN(c2cc([N+](=O)[O-])ccc2C(=O)O)C1. The Hall–Kier alpha value is -2.15. The van der Waals surface area contributed by atoms with Gasteiger partial charge in [-0.2, -0.15) is 0 Å². The number of rotatable bonds is 4. The van der Waals surface area contributed by atoms with Crippen molar-refractivity contribution in [3.05, 3.63) is 33.9 Å². The molecule has 1 saturated heterocycles. The summed E-state index contributed by atoms with van der Waals surface area (Å²) >= 11 is 0. The summed E-state index contributed by atoms with van der Waals surface area (Å²) in [5.74, 6) is -1.06. The Labute approximate surface area is 115 Å². The molecule has 2 atom stereocenters. The molecule has 0 aromatic heterocycles. The molecule has 108 valence electrons. The predicted octanol–water partition coefficient (Wildman–Crippen LogP) is 1.50. The number of carboxylic acid groups (broad SMARTS) is 1. The fourth-order valence-corrected chi connectivity index (χ4v) is 2.48. The van der Waals surface area contributed by atoms with Crippen molar-refractivity contribution in [2.75, 3.05) is 18.0 Å². The van der Waals surface area contributed by atoms with E-state index in [-0.39, 0.29) is 17.2 Å². The standard InChI is InChI=1S/C13H16N2O5/c1-8(16)9-4-5-14(7-9)12-6-10(15(19)20)2-3-11(12)13(17)18/h2-3,6,8-9,16H,4-5,7H2,1H3,(H,17,18). The van der Waals surface area contributed by atoms with Gasteiger partial charge in [-0.1, -0.05) is 0 Å². The van der Waals surface area contributed by atoms with Crippen molar-refractivity contribution >= 4 is 17.3 Å². The lowest BCUT2D eigenvalue weighted by molar-refractivity contribution is -0.384. The number of nitro groups is 1. The van der Waals surface area contributed by atoms with Crippen LogP contribution in [0.2, 0.25) is 0 Å². The van der Waals surface area contributed by atoms with E-state index in [1.165, 1.54) is 18.2 Å². The van der Waals surface area contributed by atoms with E-state index in [0.717, 1.165) is 6.42 Å². The van der Waals surface area contributed by atoms with E-state index in [4.69, 9.17) is 0 Å². The molecule has 0 radical (unpaired) electrons. The van der Waals surface area contributed by atoms with Crippen LogP contribution in [0.1, 0.15) is 23.7 Å². The molecule has 20 heavy (non-hydrogen) atoms. The van der Waals surface area contributed by atoms with Gasteiger partial charge in [-0.15, -0.1) is 0 Å². The fourth-order valence-electron chi connectivity index (χ4n) is 2.48. The number of carbonyl (C=O) groups is 1. The second-order valence-electron chi connectivity index (χ2n) is 5.00. The number of carboxylic acids is 1. The van der Waals surface area contributed by atoms with Crippen molar-refractivity contribution in [2.45, 2.75) is 19.4 Å². The Kier molecular flexibility index (Phi) is 3.89. The van der Waals surface area contributed by atoms with Crippen LogP contribution in [0.5, 0.6) is 0 Å². The fraction of sp³-hybridized carbons (Fsp3) is 0.462. The van der Waals surface area contributed by atoms with Gasteiger partial charge in [0.1, 0.15) is 0 Å². The zero-order valence-electron chi connectivity index (χ0n) is 11.0. The lowest BCUT2D eigenvalue weighted by Crippen LogP contribution is -2.25. The highest BCUT2D eigenvalue weighted by molar-refractivity contribution is 5.95. The summed E-state index contributed by atoms with van der Waals surface area (Å²) in [6, 6.07) is 3.73. The number of nitro benzene ring substituents is 1. The minimum absolute atomic E-state index is 0.0434. The molecule has 1 fully saturated rings. The molecular weight excluding hydrogens is 264 g/mol. The minimum atomic E-state index is -1.12. The van der Waals surface area contributed by atoms with Crippen LogP contribution in [0.15, 0.2) is 18.2 Å². The lowest BCUT2D eigenvalue weighted by atomic mass is 10.0. The van der Waals surface area contributed by atoms with Crippen LogP contribution >= 0.6 is 0 Å². The number of nitrogens with zero attached hydrogens (tertiary/aromatic N) is 2. The summed E-state index contributed by atoms with van der Waals surface area (Å²) < 4.78 is 0. The highest BCUT2D eigenvalue weighted by Gasteiger charge is 2.29. The molecule has 1 heterocycles. The van der Waals surface area contributed by atoms with E-state index in [2.05, 4.69) is 0 Å². The molecule has 7 heteroatoms. The lowest BCUT2D eigenvalue weighted by Gasteiger charge is -2.21. The summed E-state index contributed by atoms with van der Waals surface area (Å²) in [6.45, 7) is 2.77. The van der Waals surface area contributed by atoms with Gasteiger partial charge in [-0.05, 0) is 19.4 Å². The average Bonchev–Trinajstić information content (AvgIpc) is 2.87. The maximum Gasteiger partial charge on any atom is 0.337 e. The van der Waals surface area contributed by atoms with Gasteiger partial charge in [0, 0.05) is 31.1 Å². The number of aliphatic hydroxyl groups is 1. The van der Waals surface area contributed by atoms with E-state index in [1.807, 2.05) is 0 Å². The molecule has 0 amide bonds. The number of aromatic carboxylic acids is 1. The summed E-state index contributed by atoms with van der Waals surface area (Å²) in [7, 11) is 0. The summed E-state index contributed by atoms with van der Waals surface area (Å²) in [4.78, 5) is 23.3. The summed E-state index contributed by atoms with van der Waals surface area (Å²) in [5.41, 5.74) is 0.252. The third-order valence-electron chi connectivity index (χ3n) is 3.67. The molecule has 2 N–H and O–H groups in total. The first-order valence-corrected chi connectivity index (χ1v) is 6.35. The highest BCUT2D eigenvalue weighted by atomic mass is 16.6. The van der Waals surface area contributed by atoms with Crippen LogP contribution in [-0.4, -0.2) is 40.3 Å². The normalized spacial score (nSPS) is 19.9. The van der Waals surface area contributed by atoms with E-state index < -0.39 is 17.0 Å². The molecular formula is C13H16N2O5. The number of benzene rings is 1. The average molecular weight is 280 g/mol. The Bertz CT molecular complexity index is 544. The van der Waals surface area contributed by atoms with E-state index in [0.29, 0.717) is 18.8 Å². The zero-order valence-corrected chi connectivity index (χ0v) is 11.0. The van der Waals surface area contributed by atoms with Crippen LogP contribution in [0.25, 0.3) is 0 Å². The molecule has 1 aliphatic rings. The van der Waals surface area contributed by atoms with Crippen LogP contribution in [0.4, 0.5) is 11.4 Å². The Balaban J connectivity index is 2.36. The minimum Gasteiger partial charge on any atom is -0.478 e. The maximum atomic E-state index is 11.2. The van der Waals surface area contributed by atoms with Crippen molar-refractivity contribution in [3.8, 4) is 0 Å². The first-order valence-electron chi connectivity index (χ1n) is 6.35. The number of anilines is 1. The predicted molar refractivity (Wildman–Crippen MR) is 72.1 cm³/mol. The monoisotopic (exact) mass is 280 g/mol. The highest BCUT2D eigenvalue weighted by Crippen LogP contribution is 2.31. The molecule has 1 aromatic rings. The third-order valence-corrected chi connectivity index (χ3v) is 3.67. The first kappa shape index (κ1) is 14.3. The van der Waals surface area contributed by atoms with Crippen molar-refractivity contribution in [1.29, 1.82) is 0 Å². The van der Waals surface area contributed by atoms with Crippen LogP contribution < -0.4 is 4.90 Å². The number of non-ortho nitro benzene ring substituents is 1. The molecule has 0 bridgehead atoms. The maximum absolute atomic E-state index is 11.2. The first-order chi connectivity index (χ1) is 9.40. The molecule has 1 aromatic carbocycles. The molecule has 2 unspecified atom stereocenters. The Morgan fingerprint density at radius 2 is 2.25 bits per heavy atom. The van der Waals surface area contributed by atoms with E-state index in [9.17, 15) is 25.1 Å². The van der Waals surface area contributed by atoms with Gasteiger partial charge < -0.3 is 15.1 Å². The van der Waals surface area contributed by atoms with Crippen molar-refractivity contribution in [1.82, 2.24) is 0 Å². The summed E-state index contributed by atoms with van der Waals surface area (Å²) in [6.07, 6.45) is 0.256. The second-order valence-corrected chi connectivity index (χ2v) is 5.00. The Morgan fingerprint density at radius 3 is 2.75 bits per heavy atom. The van der Waals surface area contributed by atoms with Crippen molar-refractivity contribution in [3.63, 3.8) is 0 Å². The Morgan fingerprint density at radius 1 is 1.55 bits per heavy atom. The van der Waals surface area contributed by atoms with Gasteiger partial charge in [0.05, 0.1) is 22.3 Å². The van der Waals surface area contributed by atoms with Crippen LogP contribution in [-0.2, 0) is 0 Å². The quantitative estimate of drug-likeness (QED) is 0.639. The van der Waals surface area contributed by atoms with Crippen LogP contribution in [0.3, 0.4) is 0 Å². The number of hydrogen-bond acceptors (Lipinski definition) is 5. The van der Waals surface area contributed by atoms with Gasteiger partial charge in [-0.25, -0.2) is 4.79 Å². The van der Waals surface area contributed by atoms with Gasteiger partial charge in [0.2, 0.25) is 0 Å². The molecule has 0 spiro atoms. The van der Waals surface area contributed by atoms with Crippen molar-refractivity contribution < 1.29 is 19.9 Å². The number of aliphatic hydroxyl groups excluding tert-OH is 1. The van der Waals surface area contributed by atoms with Gasteiger partial charge in [0.25, 0.3) is 5.69 Å². The van der Waals surface area contributed by atoms with Crippen LogP contribution in [0, 0.1) is 16.0 Å². The van der Waals surface area contributed by atoms with E-state index >= 15 is 0 Å². The van der Waals surface area contributed by atoms with E-state index in [1.54, 1.807) is 11.8 Å². The van der Waals surface area contributed by atoms with Gasteiger partial charge in [0.15, 0.2) is 0 Å². The topological polar surface area (TPSA) is 104 Å². The van der Waals surface area contributed by atoms with Gasteiger partial charge >= 0.3 is 5.97 Å². The molecule has 0 saturated carbocycles. The zero-order chi connectivity index (χ0) is 14.9. The molecule has 0 aliphatic carbocycles. The number of hydrogen-bond donors (Lipinski definition) is 2. The summed E-state index contributed by atoms with van der Waals surface area (Å²) in [5, 5.41) is 29.6. The molecule has 2 rings (SSSR count). The smallest absolute Gasteiger partial charge is 0.337 e. The molecule has 1 aliphatic heterocycles.